The van der Waals surface area contributed by atoms with Crippen LogP contribution in [0.2, 0.25) is 15.1 Å². The summed E-state index contributed by atoms with van der Waals surface area (Å²) < 4.78 is 114. The maximum atomic E-state index is 15.4. The summed E-state index contributed by atoms with van der Waals surface area (Å²) in [6, 6.07) is 32.5. The van der Waals surface area contributed by atoms with E-state index in [1.807, 2.05) is 56.3 Å². The maximum Gasteiger partial charge on any atom is 0.261 e. The van der Waals surface area contributed by atoms with Crippen LogP contribution in [0.1, 0.15) is 114 Å². The SMILES string of the molecule is CCN1C(c2cc(Cl)ccc2NS(=O)(=O)c2ccc(C(C)(C)C)cc2)=NNC1C(C)CC(C)(C)c1ccc(S(=O)(=O)Nc2cc(F)c(Cl)cc2-c2nnc(CN(C)CCC(C)(C)c3ccc(S(=O)(=O)Nc4ccc(Cl)cc4C4=CCN=C(c5cocn5)N4C)cc3)n2C)cc1. The van der Waals surface area contributed by atoms with Crippen LogP contribution >= 0.6 is 34.8 Å². The van der Waals surface area contributed by atoms with Crippen molar-refractivity contribution in [2.45, 2.75) is 119 Å². The van der Waals surface area contributed by atoms with E-state index >= 15 is 4.39 Å². The number of hydrogen-bond donors (Lipinski definition) is 4. The van der Waals surface area contributed by atoms with Crippen molar-refractivity contribution in [2.75, 3.05) is 47.9 Å². The fourth-order valence-electron chi connectivity index (χ4n) is 11.9. The van der Waals surface area contributed by atoms with E-state index in [0.29, 0.717) is 100 Å². The Morgan fingerprint density at radius 3 is 1.77 bits per heavy atom. The number of oxazole rings is 1. The topological polar surface area (TPSA) is 242 Å². The number of aromatic nitrogens is 4. The molecular weight excluding hydrogens is 1330 g/mol. The van der Waals surface area contributed by atoms with Gasteiger partial charge in [0, 0.05) is 59.1 Å². The summed E-state index contributed by atoms with van der Waals surface area (Å²) in [5.41, 5.74) is 8.10. The molecule has 0 bridgehead atoms. The third kappa shape index (κ3) is 15.4. The quantitative estimate of drug-likeness (QED) is 0.0440. The largest absolute Gasteiger partial charge is 0.451 e. The van der Waals surface area contributed by atoms with Crippen molar-refractivity contribution in [1.29, 1.82) is 0 Å². The van der Waals surface area contributed by atoms with Gasteiger partial charge < -0.3 is 18.8 Å². The third-order valence-electron chi connectivity index (χ3n) is 17.4. The fourth-order valence-corrected chi connectivity index (χ4v) is 15.6. The number of sulfonamides is 3. The Balaban J connectivity index is 0.762. The van der Waals surface area contributed by atoms with Crippen LogP contribution in [0, 0.1) is 11.7 Å². The summed E-state index contributed by atoms with van der Waals surface area (Å²) in [4.78, 5) is 14.9. The molecule has 6 aromatic carbocycles. The lowest BCUT2D eigenvalue weighted by Gasteiger charge is -2.35. The molecule has 8 aromatic rings. The van der Waals surface area contributed by atoms with E-state index in [1.165, 1.54) is 30.9 Å². The predicted molar refractivity (Wildman–Crippen MR) is 375 cm³/mol. The Hall–Kier alpha value is -7.84. The molecule has 20 nitrogen and oxygen atoms in total. The highest BCUT2D eigenvalue weighted by atomic mass is 35.5. The van der Waals surface area contributed by atoms with Crippen LogP contribution in [-0.4, -0.2) is 111 Å². The number of rotatable bonds is 24. The van der Waals surface area contributed by atoms with Gasteiger partial charge >= 0.3 is 0 Å². The molecule has 4 heterocycles. The molecule has 0 fully saturated rings. The summed E-state index contributed by atoms with van der Waals surface area (Å²) in [7, 11) is -6.90. The molecule has 502 valence electrons. The monoisotopic (exact) mass is 1410 g/mol. The molecule has 2 aliphatic heterocycles. The molecular formula is C68H77Cl3FN13O7S3. The van der Waals surface area contributed by atoms with Crippen LogP contribution in [0.3, 0.4) is 0 Å². The van der Waals surface area contributed by atoms with Crippen LogP contribution in [0.25, 0.3) is 17.1 Å². The summed E-state index contributed by atoms with van der Waals surface area (Å²) in [5, 5.41) is 14.2. The van der Waals surface area contributed by atoms with Gasteiger partial charge in [-0.2, -0.15) is 5.10 Å². The van der Waals surface area contributed by atoms with Crippen molar-refractivity contribution in [2.24, 2.45) is 23.1 Å². The number of aliphatic imine (C=N–C) groups is 1. The van der Waals surface area contributed by atoms with Crippen molar-refractivity contribution in [3.8, 4) is 11.4 Å². The standard InChI is InChI=1S/C68H77Cl3FN13O7S3/c1-13-85-62(76-78-64(85)52-35-47(70)21-29-57(52)80-94(88,89)48-22-14-43(15-23-48)66(3,4)5)42(2)38-68(8,9)45-18-26-50(27-19-45)95(90,91)81-58-37-55(72)54(71)36-53(58)63-77-75-61(84(63)12)39-82(10)33-31-67(6,7)44-16-24-49(25-17-44)93(86,87)79-56-28-20-46(69)34-51(56)60-30-32-73-65(83(60)11)59-40-92-41-74-59/h14-30,34-37,40-42,62,76,79-81H,13,31-33,38-39H2,1-12H3. The van der Waals surface area contributed by atoms with Crippen LogP contribution in [0.15, 0.2) is 169 Å². The zero-order chi connectivity index (χ0) is 68.7. The smallest absolute Gasteiger partial charge is 0.261 e. The minimum atomic E-state index is -4.32. The average Bonchev–Trinajstić information content (AvgIpc) is 1.78. The molecule has 2 atom stereocenters. The number of hydrazone groups is 1. The average molecular weight is 1410 g/mol. The summed E-state index contributed by atoms with van der Waals surface area (Å²) in [6.45, 7) is 20.4. The zero-order valence-electron chi connectivity index (χ0n) is 54.8. The number of amidine groups is 2. The Morgan fingerprint density at radius 1 is 0.684 bits per heavy atom. The van der Waals surface area contributed by atoms with Gasteiger partial charge in [-0.1, -0.05) is 127 Å². The van der Waals surface area contributed by atoms with E-state index in [2.05, 4.69) is 105 Å². The first-order valence-electron chi connectivity index (χ1n) is 30.7. The molecule has 0 spiro atoms. The van der Waals surface area contributed by atoms with Crippen molar-refractivity contribution in [3.63, 3.8) is 0 Å². The molecule has 0 saturated heterocycles. The lowest BCUT2D eigenvalue weighted by atomic mass is 9.76. The number of nitrogens with one attached hydrogen (secondary N) is 4. The second kappa shape index (κ2) is 27.3. The Morgan fingerprint density at radius 2 is 1.22 bits per heavy atom. The van der Waals surface area contributed by atoms with Gasteiger partial charge in [-0.3, -0.25) is 29.5 Å². The second-order valence-corrected chi connectivity index (χ2v) is 32.6. The summed E-state index contributed by atoms with van der Waals surface area (Å²) in [5.74, 6) is 0.971. The van der Waals surface area contributed by atoms with Crippen LogP contribution in [-0.2, 0) is 59.9 Å². The van der Waals surface area contributed by atoms with E-state index in [-0.39, 0.29) is 54.3 Å². The first-order valence-corrected chi connectivity index (χ1v) is 36.3. The van der Waals surface area contributed by atoms with E-state index in [0.717, 1.165) is 22.8 Å². The Kier molecular flexibility index (Phi) is 20.1. The van der Waals surface area contributed by atoms with E-state index in [9.17, 15) is 25.3 Å². The molecule has 2 aliphatic rings. The van der Waals surface area contributed by atoms with Crippen molar-refractivity contribution in [1.82, 2.24) is 39.9 Å². The Labute approximate surface area is 570 Å². The number of benzene rings is 6. The minimum Gasteiger partial charge on any atom is -0.451 e. The summed E-state index contributed by atoms with van der Waals surface area (Å²) in [6.07, 6.45) is 5.67. The van der Waals surface area contributed by atoms with E-state index in [4.69, 9.17) is 44.3 Å². The number of anilines is 3. The maximum absolute atomic E-state index is 15.4. The molecule has 27 heteroatoms. The molecule has 2 aromatic heterocycles. The predicted octanol–water partition coefficient (Wildman–Crippen LogP) is 13.7. The molecule has 4 N–H and O–H groups in total. The van der Waals surface area contributed by atoms with Crippen molar-refractivity contribution >= 4 is 99.3 Å². The number of nitrogens with zero attached hydrogens (tertiary/aromatic N) is 9. The molecule has 2 unspecified atom stereocenters. The normalized spacial score (nSPS) is 15.3. The molecule has 95 heavy (non-hydrogen) atoms. The van der Waals surface area contributed by atoms with Gasteiger partial charge in [-0.15, -0.1) is 10.2 Å². The van der Waals surface area contributed by atoms with Crippen LogP contribution in [0.4, 0.5) is 21.5 Å². The molecule has 0 amide bonds. The first-order chi connectivity index (χ1) is 44.7. The highest BCUT2D eigenvalue weighted by Gasteiger charge is 2.37. The van der Waals surface area contributed by atoms with E-state index < -0.39 is 46.7 Å². The lowest BCUT2D eigenvalue weighted by Crippen LogP contribution is -2.46. The zero-order valence-corrected chi connectivity index (χ0v) is 59.5. The minimum absolute atomic E-state index is 0.0513. The number of hydrogen-bond acceptors (Lipinski definition) is 16. The third-order valence-corrected chi connectivity index (χ3v) is 22.3. The fraction of sp³-hybridized carbons (Fsp3) is 0.338. The van der Waals surface area contributed by atoms with E-state index in [1.54, 1.807) is 84.4 Å². The first kappa shape index (κ1) is 70.0. The second-order valence-electron chi connectivity index (χ2n) is 26.2. The van der Waals surface area contributed by atoms with Crippen molar-refractivity contribution < 1.29 is 34.1 Å². The van der Waals surface area contributed by atoms with Crippen molar-refractivity contribution in [3.05, 3.63) is 200 Å². The van der Waals surface area contributed by atoms with Gasteiger partial charge in [0.1, 0.15) is 29.8 Å². The molecule has 10 rings (SSSR count). The van der Waals surface area contributed by atoms with Gasteiger partial charge in [0.2, 0.25) is 0 Å². The molecule has 0 aliphatic carbocycles. The van der Waals surface area contributed by atoms with Gasteiger partial charge in [-0.05, 0) is 157 Å². The van der Waals surface area contributed by atoms with Gasteiger partial charge in [0.25, 0.3) is 30.1 Å². The highest BCUT2D eigenvalue weighted by molar-refractivity contribution is 7.93. The summed E-state index contributed by atoms with van der Waals surface area (Å²) >= 11 is 19.4. The lowest BCUT2D eigenvalue weighted by molar-refractivity contribution is 0.198. The molecule has 0 saturated carbocycles. The van der Waals surface area contributed by atoms with Gasteiger partial charge in [0.05, 0.1) is 49.9 Å². The highest BCUT2D eigenvalue weighted by Crippen LogP contribution is 2.39. The Bertz CT molecular complexity index is 4620. The molecule has 0 radical (unpaired) electrons. The van der Waals surface area contributed by atoms with Crippen LogP contribution in [0.5, 0.6) is 0 Å². The van der Waals surface area contributed by atoms with Gasteiger partial charge in [0.15, 0.2) is 23.9 Å². The van der Waals surface area contributed by atoms with Gasteiger partial charge in [-0.25, -0.2) is 34.6 Å². The van der Waals surface area contributed by atoms with Crippen LogP contribution < -0.4 is 19.6 Å². The number of halogens is 4.